The van der Waals surface area contributed by atoms with Crippen LogP contribution >= 0.6 is 11.3 Å². The van der Waals surface area contributed by atoms with Gasteiger partial charge in [0, 0.05) is 20.2 Å². The average molecular weight is 312 g/mol. The number of carboxylic acid groups (broad SMARTS) is 1. The van der Waals surface area contributed by atoms with E-state index in [0.717, 1.165) is 17.1 Å². The topological polar surface area (TPSA) is 79.7 Å². The summed E-state index contributed by atoms with van der Waals surface area (Å²) in [4.78, 5) is 30.7. The molecule has 1 fully saturated rings. The zero-order valence-corrected chi connectivity index (χ0v) is 13.3. The highest BCUT2D eigenvalue weighted by molar-refractivity contribution is 7.13. The van der Waals surface area contributed by atoms with Crippen molar-refractivity contribution in [2.75, 3.05) is 26.8 Å². The minimum Gasteiger partial charge on any atom is -0.481 e. The predicted octanol–water partition coefficient (Wildman–Crippen LogP) is 1.58. The maximum Gasteiger partial charge on any atom is 0.313 e. The van der Waals surface area contributed by atoms with Crippen molar-refractivity contribution in [1.29, 1.82) is 0 Å². The Morgan fingerprint density at radius 3 is 2.76 bits per heavy atom. The van der Waals surface area contributed by atoms with Crippen LogP contribution < -0.4 is 0 Å². The van der Waals surface area contributed by atoms with Crippen molar-refractivity contribution in [1.82, 2.24) is 9.88 Å². The zero-order chi connectivity index (χ0) is 15.6. The zero-order valence-electron chi connectivity index (χ0n) is 12.5. The molecule has 1 unspecified atom stereocenters. The number of hydrogen-bond acceptors (Lipinski definition) is 5. The van der Waals surface area contributed by atoms with Gasteiger partial charge >= 0.3 is 5.97 Å². The van der Waals surface area contributed by atoms with E-state index in [0.29, 0.717) is 17.8 Å². The molecule has 116 valence electrons. The number of hydrogen-bond donors (Lipinski definition) is 1. The smallest absolute Gasteiger partial charge is 0.313 e. The van der Waals surface area contributed by atoms with E-state index in [4.69, 9.17) is 4.74 Å². The van der Waals surface area contributed by atoms with Crippen LogP contribution in [0.4, 0.5) is 0 Å². The molecule has 1 aliphatic rings. The first kappa shape index (κ1) is 15.9. The first-order valence-electron chi connectivity index (χ1n) is 6.91. The third kappa shape index (κ3) is 2.94. The van der Waals surface area contributed by atoms with Crippen LogP contribution in [0, 0.1) is 12.3 Å². The van der Waals surface area contributed by atoms with E-state index < -0.39 is 11.4 Å². The van der Waals surface area contributed by atoms with Gasteiger partial charge in [0.2, 0.25) is 0 Å². The fraction of sp³-hybridized carbons (Fsp3) is 0.643. The maximum atomic E-state index is 12.6. The van der Waals surface area contributed by atoms with Crippen LogP contribution in [-0.4, -0.2) is 53.7 Å². The van der Waals surface area contributed by atoms with E-state index >= 15 is 0 Å². The summed E-state index contributed by atoms with van der Waals surface area (Å²) >= 11 is 1.40. The van der Waals surface area contributed by atoms with Crippen molar-refractivity contribution in [2.45, 2.75) is 26.7 Å². The molecule has 1 aromatic heterocycles. The SMILES string of the molecule is CCc1nc(C)c(C(=O)N2CCC(COC)(C(=O)O)C2)s1. The number of aliphatic carboxylic acids is 1. The normalized spacial score (nSPS) is 21.8. The van der Waals surface area contributed by atoms with Gasteiger partial charge in [-0.2, -0.15) is 0 Å². The predicted molar refractivity (Wildman–Crippen MR) is 78.7 cm³/mol. The molecule has 1 aromatic rings. The molecule has 6 nitrogen and oxygen atoms in total. The molecule has 0 radical (unpaired) electrons. The molecule has 0 aliphatic carbocycles. The Hall–Kier alpha value is -1.47. The Kier molecular flexibility index (Phi) is 4.63. The van der Waals surface area contributed by atoms with Gasteiger partial charge in [0.1, 0.15) is 10.3 Å². The van der Waals surface area contributed by atoms with Gasteiger partial charge in [-0.15, -0.1) is 11.3 Å². The Bertz CT molecular complexity index is 557. The number of carbonyl (C=O) groups excluding carboxylic acids is 1. The molecule has 21 heavy (non-hydrogen) atoms. The largest absolute Gasteiger partial charge is 0.481 e. The number of thiazole rings is 1. The summed E-state index contributed by atoms with van der Waals surface area (Å²) in [5, 5.41) is 10.4. The maximum absolute atomic E-state index is 12.6. The summed E-state index contributed by atoms with van der Waals surface area (Å²) in [6.45, 7) is 4.56. The minimum atomic E-state index is -0.989. The highest BCUT2D eigenvalue weighted by atomic mass is 32.1. The van der Waals surface area contributed by atoms with Crippen molar-refractivity contribution in [3.8, 4) is 0 Å². The highest BCUT2D eigenvalue weighted by Gasteiger charge is 2.46. The molecule has 1 aliphatic heterocycles. The highest BCUT2D eigenvalue weighted by Crippen LogP contribution is 2.33. The molecular formula is C14H20N2O4S. The summed E-state index contributed by atoms with van der Waals surface area (Å²) in [6, 6.07) is 0. The summed E-state index contributed by atoms with van der Waals surface area (Å²) in [7, 11) is 1.48. The van der Waals surface area contributed by atoms with Crippen LogP contribution in [0.15, 0.2) is 0 Å². The standard InChI is InChI=1S/C14H20N2O4S/c1-4-10-15-9(2)11(21-10)12(17)16-6-5-14(7-16,8-20-3)13(18)19/h4-8H2,1-3H3,(H,18,19). The molecule has 0 spiro atoms. The van der Waals surface area contributed by atoms with Crippen LogP contribution in [0.3, 0.4) is 0 Å². The molecule has 0 saturated carbocycles. The van der Waals surface area contributed by atoms with E-state index in [1.807, 2.05) is 13.8 Å². The Balaban J connectivity index is 2.18. The average Bonchev–Trinajstić information content (AvgIpc) is 3.03. The second-order valence-electron chi connectivity index (χ2n) is 5.37. The molecule has 1 saturated heterocycles. The van der Waals surface area contributed by atoms with E-state index in [1.54, 1.807) is 4.90 Å². The monoisotopic (exact) mass is 312 g/mol. The lowest BCUT2D eigenvalue weighted by atomic mass is 9.88. The molecule has 2 heterocycles. The number of carboxylic acids is 1. The van der Waals surface area contributed by atoms with E-state index in [9.17, 15) is 14.7 Å². The van der Waals surface area contributed by atoms with E-state index in [2.05, 4.69) is 4.98 Å². The first-order valence-corrected chi connectivity index (χ1v) is 7.73. The summed E-state index contributed by atoms with van der Waals surface area (Å²) in [5.41, 5.74) is -0.266. The number of aryl methyl sites for hydroxylation is 2. The third-order valence-electron chi connectivity index (χ3n) is 3.85. The molecule has 7 heteroatoms. The number of methoxy groups -OCH3 is 1. The van der Waals surface area contributed by atoms with Gasteiger partial charge in [0.15, 0.2) is 0 Å². The third-order valence-corrected chi connectivity index (χ3v) is 5.14. The van der Waals surface area contributed by atoms with Gasteiger partial charge in [-0.25, -0.2) is 4.98 Å². The Morgan fingerprint density at radius 2 is 2.24 bits per heavy atom. The van der Waals surface area contributed by atoms with Crippen molar-refractivity contribution in [3.63, 3.8) is 0 Å². The second-order valence-corrected chi connectivity index (χ2v) is 6.45. The van der Waals surface area contributed by atoms with Gasteiger partial charge in [0.05, 0.1) is 17.3 Å². The fourth-order valence-electron chi connectivity index (χ4n) is 2.62. The van der Waals surface area contributed by atoms with Crippen LogP contribution in [0.1, 0.15) is 33.7 Å². The lowest BCUT2D eigenvalue weighted by Gasteiger charge is -2.23. The second kappa shape index (κ2) is 6.11. The van der Waals surface area contributed by atoms with Crippen molar-refractivity contribution < 1.29 is 19.4 Å². The minimum absolute atomic E-state index is 0.119. The first-order chi connectivity index (χ1) is 9.93. The number of nitrogens with zero attached hydrogens (tertiary/aromatic N) is 2. The number of aromatic nitrogens is 1. The van der Waals surface area contributed by atoms with E-state index in [-0.39, 0.29) is 19.1 Å². The lowest BCUT2D eigenvalue weighted by molar-refractivity contribution is -0.151. The summed E-state index contributed by atoms with van der Waals surface area (Å²) in [5.74, 6) is -1.03. The molecule has 1 N–H and O–H groups in total. The van der Waals surface area contributed by atoms with Crippen LogP contribution in [0.25, 0.3) is 0 Å². The Morgan fingerprint density at radius 1 is 1.52 bits per heavy atom. The van der Waals surface area contributed by atoms with Gasteiger partial charge in [-0.1, -0.05) is 6.92 Å². The summed E-state index contributed by atoms with van der Waals surface area (Å²) in [6.07, 6.45) is 1.21. The fourth-order valence-corrected chi connectivity index (χ4v) is 3.59. The molecule has 0 bridgehead atoms. The number of amides is 1. The van der Waals surface area contributed by atoms with Gasteiger partial charge in [-0.05, 0) is 19.8 Å². The van der Waals surface area contributed by atoms with Crippen LogP contribution in [0.5, 0.6) is 0 Å². The lowest BCUT2D eigenvalue weighted by Crippen LogP contribution is -2.40. The number of likely N-dealkylation sites (tertiary alicyclic amines) is 1. The van der Waals surface area contributed by atoms with Gasteiger partial charge in [0.25, 0.3) is 5.91 Å². The number of carbonyl (C=O) groups is 2. The van der Waals surface area contributed by atoms with Crippen LogP contribution in [-0.2, 0) is 16.0 Å². The molecule has 1 amide bonds. The van der Waals surface area contributed by atoms with Crippen molar-refractivity contribution in [2.24, 2.45) is 5.41 Å². The summed E-state index contributed by atoms with van der Waals surface area (Å²) < 4.78 is 5.04. The molecule has 1 atom stereocenters. The Labute approximate surface area is 127 Å². The van der Waals surface area contributed by atoms with Gasteiger partial charge < -0.3 is 14.7 Å². The van der Waals surface area contributed by atoms with Gasteiger partial charge in [-0.3, -0.25) is 9.59 Å². The molecule has 0 aromatic carbocycles. The van der Waals surface area contributed by atoms with E-state index in [1.165, 1.54) is 18.4 Å². The number of ether oxygens (including phenoxy) is 1. The molecule has 2 rings (SSSR count). The van der Waals surface area contributed by atoms with Crippen molar-refractivity contribution in [3.05, 3.63) is 15.6 Å². The number of rotatable bonds is 5. The molecular weight excluding hydrogens is 292 g/mol. The van der Waals surface area contributed by atoms with Crippen molar-refractivity contribution >= 4 is 23.2 Å². The van der Waals surface area contributed by atoms with Crippen LogP contribution in [0.2, 0.25) is 0 Å². The quantitative estimate of drug-likeness (QED) is 0.893.